The van der Waals surface area contributed by atoms with Gasteiger partial charge in [0.1, 0.15) is 5.58 Å². The second kappa shape index (κ2) is 8.86. The highest BCUT2D eigenvalue weighted by molar-refractivity contribution is 6.01. The van der Waals surface area contributed by atoms with Gasteiger partial charge in [0, 0.05) is 23.2 Å². The second-order valence-corrected chi connectivity index (χ2v) is 9.40. The Labute approximate surface area is 191 Å². The van der Waals surface area contributed by atoms with Crippen molar-refractivity contribution in [3.63, 3.8) is 0 Å². The quantitative estimate of drug-likeness (QED) is 0.347. The van der Waals surface area contributed by atoms with Gasteiger partial charge in [0.2, 0.25) is 0 Å². The van der Waals surface area contributed by atoms with Crippen LogP contribution in [0.15, 0.2) is 65.3 Å². The molecule has 0 spiro atoms. The molecule has 1 aliphatic carbocycles. The molecular formula is C30H33NO. The molecule has 1 aliphatic rings. The van der Waals surface area contributed by atoms with Crippen molar-refractivity contribution < 1.29 is 4.42 Å². The zero-order valence-corrected chi connectivity index (χ0v) is 19.5. The predicted octanol–water partition coefficient (Wildman–Crippen LogP) is 8.68. The van der Waals surface area contributed by atoms with Crippen LogP contribution in [0.4, 0.5) is 5.69 Å². The van der Waals surface area contributed by atoms with Gasteiger partial charge in [0.15, 0.2) is 0 Å². The lowest BCUT2D eigenvalue weighted by atomic mass is 9.83. The molecule has 4 aromatic rings. The molecule has 1 N–H and O–H groups in total. The molecule has 2 heteroatoms. The second-order valence-electron chi connectivity index (χ2n) is 9.40. The number of anilines is 1. The molecule has 1 fully saturated rings. The number of nitrogens with one attached hydrogen (secondary N) is 1. The van der Waals surface area contributed by atoms with E-state index in [1.165, 1.54) is 82.1 Å². The van der Waals surface area contributed by atoms with Crippen LogP contribution < -0.4 is 5.32 Å². The van der Waals surface area contributed by atoms with E-state index in [2.05, 4.69) is 80.7 Å². The molecule has 0 amide bonds. The molecule has 0 atom stereocenters. The van der Waals surface area contributed by atoms with Crippen molar-refractivity contribution in [2.75, 3.05) is 5.32 Å². The van der Waals surface area contributed by atoms with Crippen LogP contribution in [0.1, 0.15) is 65.8 Å². The Bertz CT molecular complexity index is 1210. The average molecular weight is 424 g/mol. The first-order chi connectivity index (χ1) is 15.6. The summed E-state index contributed by atoms with van der Waals surface area (Å²) in [6, 6.07) is 19.9. The van der Waals surface area contributed by atoms with Gasteiger partial charge in [-0.2, -0.15) is 0 Å². The van der Waals surface area contributed by atoms with Gasteiger partial charge in [-0.1, -0.05) is 73.9 Å². The van der Waals surface area contributed by atoms with Gasteiger partial charge in [0.25, 0.3) is 0 Å². The normalized spacial score (nSPS) is 14.7. The van der Waals surface area contributed by atoms with E-state index in [4.69, 9.17) is 4.42 Å². The van der Waals surface area contributed by atoms with E-state index in [0.29, 0.717) is 0 Å². The van der Waals surface area contributed by atoms with Crippen LogP contribution in [0, 0.1) is 20.8 Å². The Kier molecular flexibility index (Phi) is 5.78. The number of furan rings is 1. The summed E-state index contributed by atoms with van der Waals surface area (Å²) in [5.74, 6) is 0.735. The summed E-state index contributed by atoms with van der Waals surface area (Å²) in [7, 11) is 0. The molecule has 164 valence electrons. The van der Waals surface area contributed by atoms with Gasteiger partial charge in [-0.3, -0.25) is 0 Å². The molecular weight excluding hydrogens is 390 g/mol. The minimum atomic E-state index is 0.735. The van der Waals surface area contributed by atoms with Crippen LogP contribution in [0.2, 0.25) is 0 Å². The number of rotatable bonds is 5. The van der Waals surface area contributed by atoms with E-state index in [0.717, 1.165) is 18.0 Å². The first-order valence-electron chi connectivity index (χ1n) is 12.0. The Hall–Kier alpha value is -3.00. The summed E-state index contributed by atoms with van der Waals surface area (Å²) >= 11 is 0. The fraction of sp³-hybridized carbons (Fsp3) is 0.333. The summed E-state index contributed by atoms with van der Waals surface area (Å²) in [4.78, 5) is 0. The molecule has 0 unspecified atom stereocenters. The molecule has 1 aromatic heterocycles. The Morgan fingerprint density at radius 3 is 2.25 bits per heavy atom. The van der Waals surface area contributed by atoms with E-state index in [9.17, 15) is 0 Å². The van der Waals surface area contributed by atoms with Crippen molar-refractivity contribution in [3.05, 3.63) is 88.7 Å². The maximum absolute atomic E-state index is 6.13. The van der Waals surface area contributed by atoms with Crippen LogP contribution in [0.25, 0.3) is 22.1 Å². The smallest absolute Gasteiger partial charge is 0.138 e. The van der Waals surface area contributed by atoms with E-state index in [1.807, 2.05) is 6.26 Å². The predicted molar refractivity (Wildman–Crippen MR) is 135 cm³/mol. The molecule has 0 aliphatic heterocycles. The Balaban J connectivity index is 1.51. The maximum atomic E-state index is 6.13. The summed E-state index contributed by atoms with van der Waals surface area (Å²) in [6.45, 7) is 7.40. The van der Waals surface area contributed by atoms with Gasteiger partial charge in [-0.15, -0.1) is 0 Å². The zero-order valence-electron chi connectivity index (χ0n) is 19.5. The fourth-order valence-electron chi connectivity index (χ4n) is 5.40. The monoisotopic (exact) mass is 423 g/mol. The van der Waals surface area contributed by atoms with Crippen LogP contribution in [0.3, 0.4) is 0 Å². The molecule has 0 bridgehead atoms. The van der Waals surface area contributed by atoms with Gasteiger partial charge in [0.05, 0.1) is 6.26 Å². The fourth-order valence-corrected chi connectivity index (χ4v) is 5.40. The van der Waals surface area contributed by atoms with Gasteiger partial charge >= 0.3 is 0 Å². The average Bonchev–Trinajstić information content (AvgIpc) is 3.30. The van der Waals surface area contributed by atoms with Gasteiger partial charge in [-0.25, -0.2) is 0 Å². The summed E-state index contributed by atoms with van der Waals surface area (Å²) in [6.07, 6.45) is 8.75. The first-order valence-corrected chi connectivity index (χ1v) is 12.0. The highest BCUT2D eigenvalue weighted by Crippen LogP contribution is 2.41. The van der Waals surface area contributed by atoms with Crippen molar-refractivity contribution in [2.45, 2.75) is 65.3 Å². The number of aryl methyl sites for hydroxylation is 2. The number of fused-ring (bicyclic) bond motifs is 1. The van der Waals surface area contributed by atoms with E-state index >= 15 is 0 Å². The molecule has 2 nitrogen and oxygen atoms in total. The molecule has 3 aromatic carbocycles. The lowest BCUT2D eigenvalue weighted by Gasteiger charge is -2.22. The molecule has 0 radical (unpaired) electrons. The first kappa shape index (κ1) is 20.9. The molecule has 5 rings (SSSR count). The summed E-state index contributed by atoms with van der Waals surface area (Å²) in [5.41, 5.74) is 11.2. The minimum Gasteiger partial charge on any atom is -0.463 e. The molecule has 1 heterocycles. The summed E-state index contributed by atoms with van der Waals surface area (Å²) < 4.78 is 6.13. The van der Waals surface area contributed by atoms with Gasteiger partial charge in [-0.05, 0) is 72.9 Å². The molecule has 32 heavy (non-hydrogen) atoms. The molecule has 1 saturated carbocycles. The van der Waals surface area contributed by atoms with Crippen LogP contribution in [-0.4, -0.2) is 0 Å². The third-order valence-corrected chi connectivity index (χ3v) is 7.43. The molecule has 0 saturated heterocycles. The lowest BCUT2D eigenvalue weighted by Crippen LogP contribution is -2.05. The topological polar surface area (TPSA) is 25.2 Å². The Morgan fingerprint density at radius 2 is 1.53 bits per heavy atom. The van der Waals surface area contributed by atoms with Crippen LogP contribution >= 0.6 is 0 Å². The van der Waals surface area contributed by atoms with Gasteiger partial charge < -0.3 is 9.73 Å². The summed E-state index contributed by atoms with van der Waals surface area (Å²) in [5, 5.41) is 4.94. The van der Waals surface area contributed by atoms with Crippen molar-refractivity contribution in [3.8, 4) is 11.1 Å². The number of hydrogen-bond acceptors (Lipinski definition) is 2. The standard InChI is InChI=1S/C30H33NO/c1-20-21(2)30-28(22(3)29(20)31-18-23-10-6-4-7-11-23)27(19-32-30)26-16-14-25(15-17-26)24-12-8-5-9-13-24/h4,6-7,10-11,14-17,19,24,31H,5,8-9,12-13,18H2,1-3H3. The van der Waals surface area contributed by atoms with Crippen molar-refractivity contribution in [1.82, 2.24) is 0 Å². The maximum Gasteiger partial charge on any atom is 0.138 e. The van der Waals surface area contributed by atoms with Crippen molar-refractivity contribution >= 4 is 16.7 Å². The Morgan fingerprint density at radius 1 is 0.812 bits per heavy atom. The number of hydrogen-bond donors (Lipinski definition) is 1. The van der Waals surface area contributed by atoms with E-state index in [-0.39, 0.29) is 0 Å². The highest BCUT2D eigenvalue weighted by Gasteiger charge is 2.20. The van der Waals surface area contributed by atoms with E-state index < -0.39 is 0 Å². The van der Waals surface area contributed by atoms with E-state index in [1.54, 1.807) is 0 Å². The van der Waals surface area contributed by atoms with Crippen molar-refractivity contribution in [2.24, 2.45) is 0 Å². The minimum absolute atomic E-state index is 0.735. The third kappa shape index (κ3) is 3.83. The lowest BCUT2D eigenvalue weighted by molar-refractivity contribution is 0.443. The SMILES string of the molecule is Cc1c(NCc2ccccc2)c(C)c2c(-c3ccc(C4CCCCC4)cc3)coc2c1C. The third-order valence-electron chi connectivity index (χ3n) is 7.43. The highest BCUT2D eigenvalue weighted by atomic mass is 16.3. The van der Waals surface area contributed by atoms with Crippen molar-refractivity contribution in [1.29, 1.82) is 0 Å². The number of benzene rings is 3. The largest absolute Gasteiger partial charge is 0.463 e. The zero-order chi connectivity index (χ0) is 22.1. The van der Waals surface area contributed by atoms with Crippen LogP contribution in [-0.2, 0) is 6.54 Å². The van der Waals surface area contributed by atoms with Crippen LogP contribution in [0.5, 0.6) is 0 Å².